The van der Waals surface area contributed by atoms with Gasteiger partial charge >= 0.3 is 0 Å². The molecule has 3 heterocycles. The summed E-state index contributed by atoms with van der Waals surface area (Å²) in [6, 6.07) is 10.2. The van der Waals surface area contributed by atoms with Crippen molar-refractivity contribution in [1.29, 1.82) is 0 Å². The summed E-state index contributed by atoms with van der Waals surface area (Å²) >= 11 is 0. The monoisotopic (exact) mass is 548 g/mol. The molecule has 1 aliphatic heterocycles. The average Bonchev–Trinajstić information content (AvgIpc) is 3.39. The number of unbranched alkanes of at least 4 members (excludes halogenated alkanes) is 2. The fraction of sp³-hybridized carbons (Fsp3) is 0.452. The van der Waals surface area contributed by atoms with E-state index in [0.29, 0.717) is 60.3 Å². The Kier molecular flexibility index (Phi) is 9.47. The van der Waals surface area contributed by atoms with Gasteiger partial charge in [0.1, 0.15) is 11.3 Å². The van der Waals surface area contributed by atoms with Gasteiger partial charge in [0.05, 0.1) is 30.5 Å². The summed E-state index contributed by atoms with van der Waals surface area (Å²) in [4.78, 5) is 35.1. The number of fused-ring (bicyclic) bond motifs is 1. The van der Waals surface area contributed by atoms with Crippen LogP contribution in [0.3, 0.4) is 0 Å². The minimum atomic E-state index is -0.788. The molecule has 0 spiro atoms. The van der Waals surface area contributed by atoms with Crippen molar-refractivity contribution in [3.8, 4) is 11.5 Å². The molecule has 4 rings (SSSR count). The van der Waals surface area contributed by atoms with E-state index in [4.69, 9.17) is 9.47 Å². The Morgan fingerprint density at radius 2 is 1.85 bits per heavy atom. The van der Waals surface area contributed by atoms with Crippen LogP contribution >= 0.6 is 0 Å². The number of likely N-dealkylation sites (tertiary alicyclic amines) is 1. The second-order valence-electron chi connectivity index (χ2n) is 10.3. The maximum absolute atomic E-state index is 13.6. The number of hydrogen-bond acceptors (Lipinski definition) is 7. The first-order valence-corrected chi connectivity index (χ1v) is 14.0. The van der Waals surface area contributed by atoms with E-state index in [0.717, 1.165) is 25.8 Å². The standard InChI is InChI=1S/C31H40N4O5/c1-6-8-11-19-40-23-15-14-22(20-24(23)39-7-2)28-26(30(37)31(38)35(28)18-12-16-33(4)5)29(36)27-21(3)32-25-13-9-10-17-34(25)27/h9-10,13-15,17,20,28,36H,6-8,11-12,16,18-19H2,1-5H3/b29-26+. The van der Waals surface area contributed by atoms with E-state index < -0.39 is 17.7 Å². The number of carbonyl (C=O) groups is 2. The van der Waals surface area contributed by atoms with E-state index in [-0.39, 0.29) is 11.3 Å². The Labute approximate surface area is 236 Å². The van der Waals surface area contributed by atoms with Crippen molar-refractivity contribution in [2.45, 2.75) is 52.5 Å². The van der Waals surface area contributed by atoms with Gasteiger partial charge in [0.25, 0.3) is 11.7 Å². The van der Waals surface area contributed by atoms with Gasteiger partial charge < -0.3 is 24.4 Å². The number of imidazole rings is 1. The maximum Gasteiger partial charge on any atom is 0.295 e. The number of ketones is 1. The fourth-order valence-corrected chi connectivity index (χ4v) is 5.16. The minimum absolute atomic E-state index is 0.0441. The number of aliphatic hydroxyl groups excluding tert-OH is 1. The summed E-state index contributed by atoms with van der Waals surface area (Å²) in [6.45, 7) is 7.93. The molecule has 0 saturated carbocycles. The van der Waals surface area contributed by atoms with Gasteiger partial charge in [0, 0.05) is 12.7 Å². The molecule has 1 N–H and O–H groups in total. The molecule has 214 valence electrons. The number of rotatable bonds is 13. The zero-order valence-electron chi connectivity index (χ0n) is 24.1. The third kappa shape index (κ3) is 5.99. The van der Waals surface area contributed by atoms with Crippen LogP contribution in [0.25, 0.3) is 11.4 Å². The fourth-order valence-electron chi connectivity index (χ4n) is 5.16. The quantitative estimate of drug-likeness (QED) is 0.139. The zero-order valence-corrected chi connectivity index (χ0v) is 24.1. The van der Waals surface area contributed by atoms with Crippen molar-refractivity contribution >= 4 is 23.1 Å². The highest BCUT2D eigenvalue weighted by atomic mass is 16.5. The van der Waals surface area contributed by atoms with E-state index in [2.05, 4.69) is 11.9 Å². The number of benzene rings is 1. The van der Waals surface area contributed by atoms with Crippen molar-refractivity contribution in [3.63, 3.8) is 0 Å². The molecule has 1 atom stereocenters. The van der Waals surface area contributed by atoms with Gasteiger partial charge in [-0.15, -0.1) is 0 Å². The van der Waals surface area contributed by atoms with Crippen LogP contribution in [0.4, 0.5) is 0 Å². The third-order valence-electron chi connectivity index (χ3n) is 7.06. The molecule has 2 aromatic heterocycles. The molecule has 1 amide bonds. The van der Waals surface area contributed by atoms with Gasteiger partial charge in [0.15, 0.2) is 17.3 Å². The lowest BCUT2D eigenvalue weighted by Gasteiger charge is -2.26. The molecule has 0 radical (unpaired) electrons. The molecule has 1 fully saturated rings. The van der Waals surface area contributed by atoms with Crippen molar-refractivity contribution in [2.75, 3.05) is 40.4 Å². The topological polar surface area (TPSA) is 96.6 Å². The Morgan fingerprint density at radius 3 is 2.58 bits per heavy atom. The third-order valence-corrected chi connectivity index (χ3v) is 7.06. The van der Waals surface area contributed by atoms with Crippen molar-refractivity contribution in [3.05, 3.63) is 65.1 Å². The predicted molar refractivity (Wildman–Crippen MR) is 155 cm³/mol. The van der Waals surface area contributed by atoms with Crippen LogP contribution in [0.2, 0.25) is 0 Å². The number of Topliss-reactive ketones (excluding diaryl/α,β-unsaturated/α-hetero) is 1. The second kappa shape index (κ2) is 13.0. The lowest BCUT2D eigenvalue weighted by molar-refractivity contribution is -0.139. The van der Waals surface area contributed by atoms with E-state index in [9.17, 15) is 14.7 Å². The van der Waals surface area contributed by atoms with E-state index in [1.807, 2.05) is 62.3 Å². The SMILES string of the molecule is CCCCCOc1ccc(C2/C(=C(\O)c3c(C)nc4ccccn34)C(=O)C(=O)N2CCCN(C)C)cc1OCC. The molecule has 1 unspecified atom stereocenters. The Hall–Kier alpha value is -3.85. The van der Waals surface area contributed by atoms with Crippen molar-refractivity contribution < 1.29 is 24.2 Å². The van der Waals surface area contributed by atoms with Gasteiger partial charge in [-0.3, -0.25) is 14.0 Å². The van der Waals surface area contributed by atoms with E-state index in [1.165, 1.54) is 0 Å². The van der Waals surface area contributed by atoms with Crippen LogP contribution in [0.5, 0.6) is 11.5 Å². The Bertz CT molecular complexity index is 1390. The van der Waals surface area contributed by atoms with Crippen molar-refractivity contribution in [1.82, 2.24) is 19.2 Å². The molecule has 9 heteroatoms. The molecule has 0 bridgehead atoms. The molecule has 40 heavy (non-hydrogen) atoms. The molecule has 1 aliphatic rings. The number of amides is 1. The lowest BCUT2D eigenvalue weighted by atomic mass is 9.95. The van der Waals surface area contributed by atoms with Gasteiger partial charge in [-0.1, -0.05) is 31.9 Å². The largest absolute Gasteiger partial charge is 0.505 e. The van der Waals surface area contributed by atoms with Crippen LogP contribution in [0, 0.1) is 6.92 Å². The summed E-state index contributed by atoms with van der Waals surface area (Å²) in [5, 5.41) is 11.7. The number of hydrogen-bond donors (Lipinski definition) is 1. The lowest BCUT2D eigenvalue weighted by Crippen LogP contribution is -2.32. The Morgan fingerprint density at radius 1 is 1.05 bits per heavy atom. The highest BCUT2D eigenvalue weighted by Gasteiger charge is 2.46. The van der Waals surface area contributed by atoms with Crippen LogP contribution in [-0.2, 0) is 9.59 Å². The van der Waals surface area contributed by atoms with Gasteiger partial charge in [0.2, 0.25) is 0 Å². The number of pyridine rings is 1. The zero-order chi connectivity index (χ0) is 28.8. The highest BCUT2D eigenvalue weighted by molar-refractivity contribution is 6.46. The summed E-state index contributed by atoms with van der Waals surface area (Å²) in [6.07, 6.45) is 5.56. The smallest absolute Gasteiger partial charge is 0.295 e. The summed E-state index contributed by atoms with van der Waals surface area (Å²) in [7, 11) is 3.93. The first-order valence-electron chi connectivity index (χ1n) is 14.0. The summed E-state index contributed by atoms with van der Waals surface area (Å²) in [5.74, 6) is -0.428. The Balaban J connectivity index is 1.83. The molecule has 9 nitrogen and oxygen atoms in total. The van der Waals surface area contributed by atoms with Crippen LogP contribution in [0.1, 0.15) is 62.5 Å². The molecule has 0 aliphatic carbocycles. The number of aryl methyl sites for hydroxylation is 1. The normalized spacial score (nSPS) is 16.9. The highest BCUT2D eigenvalue weighted by Crippen LogP contribution is 2.42. The first kappa shape index (κ1) is 29.1. The molecule has 3 aromatic rings. The molecule has 1 aromatic carbocycles. The predicted octanol–water partition coefficient (Wildman–Crippen LogP) is 4.98. The molecule has 1 saturated heterocycles. The number of aromatic nitrogens is 2. The van der Waals surface area contributed by atoms with Crippen LogP contribution in [-0.4, -0.2) is 76.4 Å². The van der Waals surface area contributed by atoms with Crippen molar-refractivity contribution in [2.24, 2.45) is 0 Å². The van der Waals surface area contributed by atoms with Gasteiger partial charge in [-0.05, 0) is 77.2 Å². The van der Waals surface area contributed by atoms with E-state index >= 15 is 0 Å². The maximum atomic E-state index is 13.6. The van der Waals surface area contributed by atoms with Gasteiger partial charge in [-0.2, -0.15) is 0 Å². The van der Waals surface area contributed by atoms with Crippen LogP contribution < -0.4 is 9.47 Å². The van der Waals surface area contributed by atoms with Gasteiger partial charge in [-0.25, -0.2) is 4.98 Å². The number of ether oxygens (including phenoxy) is 2. The molecular formula is C31H40N4O5. The average molecular weight is 549 g/mol. The number of carbonyl (C=O) groups excluding carboxylic acids is 2. The number of nitrogens with zero attached hydrogens (tertiary/aromatic N) is 4. The number of aliphatic hydroxyl groups is 1. The second-order valence-corrected chi connectivity index (χ2v) is 10.3. The minimum Gasteiger partial charge on any atom is -0.505 e. The first-order chi connectivity index (χ1) is 19.3. The summed E-state index contributed by atoms with van der Waals surface area (Å²) < 4.78 is 13.7. The summed E-state index contributed by atoms with van der Waals surface area (Å²) in [5.41, 5.74) is 2.31. The molecular weight excluding hydrogens is 508 g/mol. The van der Waals surface area contributed by atoms with E-state index in [1.54, 1.807) is 22.4 Å². The van der Waals surface area contributed by atoms with Crippen LogP contribution in [0.15, 0.2) is 48.2 Å².